The monoisotopic (exact) mass is 298 g/mol. The second kappa shape index (κ2) is 7.46. The first-order valence-electron chi connectivity index (χ1n) is 7.36. The number of carbonyl (C=O) groups is 1. The molecule has 1 nitrogen and oxygen atoms in total. The maximum absolute atomic E-state index is 11.3. The topological polar surface area (TPSA) is 17.1 Å². The van der Waals surface area contributed by atoms with Crippen LogP contribution in [-0.2, 0) is 6.42 Å². The van der Waals surface area contributed by atoms with E-state index < -0.39 is 0 Å². The molecule has 0 unspecified atom stereocenters. The van der Waals surface area contributed by atoms with Gasteiger partial charge >= 0.3 is 0 Å². The molecule has 0 spiro atoms. The van der Waals surface area contributed by atoms with Gasteiger partial charge in [0.2, 0.25) is 0 Å². The Balaban J connectivity index is 1.98. The Morgan fingerprint density at radius 2 is 1.48 bits per heavy atom. The fourth-order valence-electron chi connectivity index (χ4n) is 2.06. The molecule has 0 aliphatic rings. The highest BCUT2D eigenvalue weighted by Gasteiger charge is 2.02. The molecule has 21 heavy (non-hydrogen) atoms. The molecule has 0 saturated carbocycles. The van der Waals surface area contributed by atoms with Gasteiger partial charge in [-0.3, -0.25) is 4.79 Å². The quantitative estimate of drug-likeness (QED) is 0.536. The van der Waals surface area contributed by atoms with Crippen molar-refractivity contribution in [2.75, 3.05) is 5.75 Å². The number of hydrogen-bond donors (Lipinski definition) is 0. The Kier molecular flexibility index (Phi) is 5.63. The molecule has 110 valence electrons. The maximum Gasteiger partial charge on any atom is 0.159 e. The number of rotatable bonds is 6. The standard InChI is InChI=1S/C19H22OS/c1-14(2)13-21-19-10-6-17(7-11-19)12-16-4-8-18(9-5-16)15(3)20/h4-11,14H,12-13H2,1-3H3. The van der Waals surface area contributed by atoms with Crippen molar-refractivity contribution >= 4 is 17.5 Å². The van der Waals surface area contributed by atoms with Crippen LogP contribution in [0.4, 0.5) is 0 Å². The van der Waals surface area contributed by atoms with E-state index in [1.807, 2.05) is 36.0 Å². The van der Waals surface area contributed by atoms with Crippen LogP contribution in [0.3, 0.4) is 0 Å². The second-order valence-corrected chi connectivity index (χ2v) is 6.87. The molecule has 0 radical (unpaired) electrons. The number of hydrogen-bond acceptors (Lipinski definition) is 2. The predicted molar refractivity (Wildman–Crippen MR) is 91.3 cm³/mol. The fourth-order valence-corrected chi connectivity index (χ4v) is 2.91. The molecule has 0 heterocycles. The molecule has 2 aromatic rings. The molecule has 2 aromatic carbocycles. The minimum atomic E-state index is 0.119. The van der Waals surface area contributed by atoms with Crippen molar-refractivity contribution < 1.29 is 4.79 Å². The molecule has 0 bridgehead atoms. The summed E-state index contributed by atoms with van der Waals surface area (Å²) in [6.07, 6.45) is 0.910. The zero-order valence-corrected chi connectivity index (χ0v) is 13.7. The summed E-state index contributed by atoms with van der Waals surface area (Å²) in [7, 11) is 0. The molecular weight excluding hydrogens is 276 g/mol. The minimum Gasteiger partial charge on any atom is -0.295 e. The molecule has 0 aromatic heterocycles. The van der Waals surface area contributed by atoms with Crippen molar-refractivity contribution in [2.24, 2.45) is 5.92 Å². The maximum atomic E-state index is 11.3. The smallest absolute Gasteiger partial charge is 0.159 e. The first kappa shape index (κ1) is 15.8. The van der Waals surface area contributed by atoms with Crippen LogP contribution >= 0.6 is 11.8 Å². The summed E-state index contributed by atoms with van der Waals surface area (Å²) in [5.41, 5.74) is 3.32. The van der Waals surface area contributed by atoms with Gasteiger partial charge in [-0.2, -0.15) is 0 Å². The first-order chi connectivity index (χ1) is 10.0. The third kappa shape index (κ3) is 5.05. The molecule has 0 amide bonds. The van der Waals surface area contributed by atoms with E-state index in [1.165, 1.54) is 16.0 Å². The Morgan fingerprint density at radius 1 is 0.952 bits per heavy atom. The van der Waals surface area contributed by atoms with Crippen molar-refractivity contribution in [2.45, 2.75) is 32.1 Å². The lowest BCUT2D eigenvalue weighted by Gasteiger charge is -2.06. The number of carbonyl (C=O) groups excluding carboxylic acids is 1. The zero-order valence-electron chi connectivity index (χ0n) is 12.9. The molecule has 0 atom stereocenters. The lowest BCUT2D eigenvalue weighted by atomic mass is 10.0. The number of benzene rings is 2. The Hall–Kier alpha value is -1.54. The van der Waals surface area contributed by atoms with Crippen LogP contribution in [-0.4, -0.2) is 11.5 Å². The fraction of sp³-hybridized carbons (Fsp3) is 0.316. The molecule has 2 heteroatoms. The highest BCUT2D eigenvalue weighted by Crippen LogP contribution is 2.22. The van der Waals surface area contributed by atoms with Crippen molar-refractivity contribution in [3.05, 3.63) is 65.2 Å². The van der Waals surface area contributed by atoms with Gasteiger partial charge in [0, 0.05) is 16.2 Å². The van der Waals surface area contributed by atoms with Crippen LogP contribution in [0, 0.1) is 5.92 Å². The average molecular weight is 298 g/mol. The van der Waals surface area contributed by atoms with Crippen LogP contribution in [0.25, 0.3) is 0 Å². The number of thioether (sulfide) groups is 1. The van der Waals surface area contributed by atoms with E-state index in [1.54, 1.807) is 6.92 Å². The summed E-state index contributed by atoms with van der Waals surface area (Å²) in [4.78, 5) is 12.6. The molecular formula is C19H22OS. The van der Waals surface area contributed by atoms with E-state index in [2.05, 4.69) is 38.1 Å². The van der Waals surface area contributed by atoms with E-state index >= 15 is 0 Å². The van der Waals surface area contributed by atoms with Gasteiger partial charge in [-0.25, -0.2) is 0 Å². The minimum absolute atomic E-state index is 0.119. The predicted octanol–water partition coefficient (Wildman–Crippen LogP) is 5.23. The van der Waals surface area contributed by atoms with Gasteiger partial charge in [-0.15, -0.1) is 11.8 Å². The Bertz CT molecular complexity index is 582. The summed E-state index contributed by atoms with van der Waals surface area (Å²) in [6, 6.07) is 16.7. The van der Waals surface area contributed by atoms with Gasteiger partial charge in [-0.1, -0.05) is 50.2 Å². The second-order valence-electron chi connectivity index (χ2n) is 5.78. The van der Waals surface area contributed by atoms with Crippen LogP contribution in [0.1, 0.15) is 42.3 Å². The van der Waals surface area contributed by atoms with E-state index in [9.17, 15) is 4.79 Å². The van der Waals surface area contributed by atoms with Crippen LogP contribution in [0.15, 0.2) is 53.4 Å². The molecule has 0 fully saturated rings. The average Bonchev–Trinajstić information content (AvgIpc) is 2.47. The summed E-state index contributed by atoms with van der Waals surface area (Å²) in [6.45, 7) is 6.08. The summed E-state index contributed by atoms with van der Waals surface area (Å²) in [5.74, 6) is 1.99. The van der Waals surface area contributed by atoms with E-state index in [0.29, 0.717) is 0 Å². The van der Waals surface area contributed by atoms with Gasteiger partial charge in [-0.05, 0) is 42.5 Å². The molecule has 0 aliphatic heterocycles. The molecule has 2 rings (SSSR count). The summed E-state index contributed by atoms with van der Waals surface area (Å²) >= 11 is 1.91. The van der Waals surface area contributed by atoms with Gasteiger partial charge in [0.15, 0.2) is 5.78 Å². The molecule has 0 aliphatic carbocycles. The van der Waals surface area contributed by atoms with Crippen LogP contribution < -0.4 is 0 Å². The van der Waals surface area contributed by atoms with E-state index in [4.69, 9.17) is 0 Å². The van der Waals surface area contributed by atoms with Crippen molar-refractivity contribution in [1.82, 2.24) is 0 Å². The summed E-state index contributed by atoms with van der Waals surface area (Å²) < 4.78 is 0. The van der Waals surface area contributed by atoms with Crippen molar-refractivity contribution in [3.63, 3.8) is 0 Å². The highest BCUT2D eigenvalue weighted by molar-refractivity contribution is 7.99. The lowest BCUT2D eigenvalue weighted by molar-refractivity contribution is 0.101. The largest absolute Gasteiger partial charge is 0.295 e. The van der Waals surface area contributed by atoms with Crippen LogP contribution in [0.2, 0.25) is 0 Å². The first-order valence-corrected chi connectivity index (χ1v) is 8.35. The third-order valence-electron chi connectivity index (χ3n) is 3.28. The third-order valence-corrected chi connectivity index (χ3v) is 4.71. The van der Waals surface area contributed by atoms with Gasteiger partial charge < -0.3 is 0 Å². The summed E-state index contributed by atoms with van der Waals surface area (Å²) in [5, 5.41) is 0. The van der Waals surface area contributed by atoms with Gasteiger partial charge in [0.25, 0.3) is 0 Å². The Labute approximate surface area is 131 Å². The Morgan fingerprint density at radius 3 is 1.95 bits per heavy atom. The van der Waals surface area contributed by atoms with Crippen molar-refractivity contribution in [1.29, 1.82) is 0 Å². The highest BCUT2D eigenvalue weighted by atomic mass is 32.2. The van der Waals surface area contributed by atoms with Gasteiger partial charge in [0.05, 0.1) is 0 Å². The molecule has 0 N–H and O–H groups in total. The lowest BCUT2D eigenvalue weighted by Crippen LogP contribution is -1.94. The molecule has 0 saturated heterocycles. The normalized spacial score (nSPS) is 10.9. The number of ketones is 1. The number of Topliss-reactive ketones (excluding diaryl/α,β-unsaturated/α-hetero) is 1. The zero-order chi connectivity index (χ0) is 15.2. The van der Waals surface area contributed by atoms with Gasteiger partial charge in [0.1, 0.15) is 0 Å². The SMILES string of the molecule is CC(=O)c1ccc(Cc2ccc(SCC(C)C)cc2)cc1. The van der Waals surface area contributed by atoms with Crippen LogP contribution in [0.5, 0.6) is 0 Å². The van der Waals surface area contributed by atoms with E-state index in [-0.39, 0.29) is 5.78 Å². The van der Waals surface area contributed by atoms with E-state index in [0.717, 1.165) is 23.7 Å². The van der Waals surface area contributed by atoms with Crippen molar-refractivity contribution in [3.8, 4) is 0 Å².